The Balaban J connectivity index is 1.99. The molecule has 0 bridgehead atoms. The third-order valence-electron chi connectivity index (χ3n) is 3.20. The van der Waals surface area contributed by atoms with Crippen LogP contribution in [-0.2, 0) is 15.0 Å². The Morgan fingerprint density at radius 2 is 2.39 bits per heavy atom. The van der Waals surface area contributed by atoms with Crippen LogP contribution in [0.25, 0.3) is 0 Å². The van der Waals surface area contributed by atoms with E-state index >= 15 is 0 Å². The minimum atomic E-state index is -0.0675. The van der Waals surface area contributed by atoms with Crippen molar-refractivity contribution in [1.29, 1.82) is 0 Å². The molecule has 18 heavy (non-hydrogen) atoms. The zero-order valence-corrected chi connectivity index (χ0v) is 11.1. The van der Waals surface area contributed by atoms with Gasteiger partial charge in [-0.3, -0.25) is 4.79 Å². The van der Waals surface area contributed by atoms with Gasteiger partial charge in [0.2, 0.25) is 0 Å². The molecule has 0 radical (unpaired) electrons. The quantitative estimate of drug-likeness (QED) is 0.850. The summed E-state index contributed by atoms with van der Waals surface area (Å²) in [6.45, 7) is 5.94. The highest BCUT2D eigenvalue weighted by Crippen LogP contribution is 2.26. The number of nitrogens with one attached hydrogen (secondary N) is 1. The second kappa shape index (κ2) is 5.12. The Labute approximate surface area is 107 Å². The lowest BCUT2D eigenvalue weighted by Gasteiger charge is -2.39. The maximum Gasteiger partial charge on any atom is 0.253 e. The van der Waals surface area contributed by atoms with E-state index in [4.69, 9.17) is 9.47 Å². The van der Waals surface area contributed by atoms with Crippen molar-refractivity contribution in [3.05, 3.63) is 24.0 Å². The van der Waals surface area contributed by atoms with Crippen LogP contribution in [0.1, 0.15) is 24.2 Å². The van der Waals surface area contributed by atoms with E-state index in [1.54, 1.807) is 7.11 Å². The molecule has 1 N–H and O–H groups in total. The number of nitrogens with zero attached hydrogens (tertiary/aromatic N) is 1. The van der Waals surface area contributed by atoms with Crippen LogP contribution >= 0.6 is 0 Å². The van der Waals surface area contributed by atoms with E-state index in [2.05, 4.69) is 12.2 Å². The molecule has 0 spiro atoms. The van der Waals surface area contributed by atoms with E-state index in [-0.39, 0.29) is 17.5 Å². The zero-order valence-electron chi connectivity index (χ0n) is 11.1. The number of ether oxygens (including phenoxy) is 2. The SMILES string of the molecule is COCC(C)NC(=O)c1ccn(C2(C)COC2)c1. The van der Waals surface area contributed by atoms with Gasteiger partial charge in [-0.1, -0.05) is 0 Å². The number of aromatic nitrogens is 1. The first-order chi connectivity index (χ1) is 8.55. The smallest absolute Gasteiger partial charge is 0.253 e. The van der Waals surface area contributed by atoms with Gasteiger partial charge in [-0.05, 0) is 19.9 Å². The third kappa shape index (κ3) is 2.57. The maximum atomic E-state index is 12.0. The molecule has 2 heterocycles. The summed E-state index contributed by atoms with van der Waals surface area (Å²) < 4.78 is 12.3. The second-order valence-corrected chi connectivity index (χ2v) is 5.13. The number of carbonyl (C=O) groups excluding carboxylic acids is 1. The van der Waals surface area contributed by atoms with Gasteiger partial charge in [0.15, 0.2) is 0 Å². The Kier molecular flexibility index (Phi) is 3.73. The summed E-state index contributed by atoms with van der Waals surface area (Å²) in [7, 11) is 1.62. The molecule has 1 atom stereocenters. The first-order valence-electron chi connectivity index (χ1n) is 6.11. The van der Waals surface area contributed by atoms with Crippen LogP contribution in [0.15, 0.2) is 18.5 Å². The van der Waals surface area contributed by atoms with Gasteiger partial charge in [0.05, 0.1) is 30.9 Å². The van der Waals surface area contributed by atoms with Crippen LogP contribution in [0.3, 0.4) is 0 Å². The topological polar surface area (TPSA) is 52.5 Å². The van der Waals surface area contributed by atoms with Crippen molar-refractivity contribution >= 4 is 5.91 Å². The van der Waals surface area contributed by atoms with Crippen molar-refractivity contribution in [2.75, 3.05) is 26.9 Å². The third-order valence-corrected chi connectivity index (χ3v) is 3.20. The van der Waals surface area contributed by atoms with E-state index in [9.17, 15) is 4.79 Å². The van der Waals surface area contributed by atoms with Crippen molar-refractivity contribution in [3.8, 4) is 0 Å². The van der Waals surface area contributed by atoms with Gasteiger partial charge in [-0.15, -0.1) is 0 Å². The van der Waals surface area contributed by atoms with Gasteiger partial charge in [0.1, 0.15) is 0 Å². The van der Waals surface area contributed by atoms with E-state index in [1.165, 1.54) is 0 Å². The van der Waals surface area contributed by atoms with Crippen molar-refractivity contribution in [2.45, 2.75) is 25.4 Å². The molecule has 0 aromatic carbocycles. The average Bonchev–Trinajstić information content (AvgIpc) is 2.75. The van der Waals surface area contributed by atoms with Crippen LogP contribution in [0.2, 0.25) is 0 Å². The number of rotatable bonds is 5. The lowest BCUT2D eigenvalue weighted by molar-refractivity contribution is -0.0895. The number of amides is 1. The Hall–Kier alpha value is -1.33. The molecule has 1 aromatic heterocycles. The molecule has 5 heteroatoms. The van der Waals surface area contributed by atoms with E-state index in [1.807, 2.05) is 30.0 Å². The zero-order chi connectivity index (χ0) is 13.2. The average molecular weight is 252 g/mol. The predicted molar refractivity (Wildman–Crippen MR) is 67.7 cm³/mol. The standard InChI is InChI=1S/C13H20N2O3/c1-10(7-17-3)14-12(16)11-4-5-15(6-11)13(2)8-18-9-13/h4-6,10H,7-9H2,1-3H3,(H,14,16). The summed E-state index contributed by atoms with van der Waals surface area (Å²) in [5.41, 5.74) is 0.669. The molecule has 5 nitrogen and oxygen atoms in total. The molecule has 1 aliphatic rings. The molecular weight excluding hydrogens is 232 g/mol. The fourth-order valence-corrected chi connectivity index (χ4v) is 2.01. The van der Waals surface area contributed by atoms with Crippen molar-refractivity contribution in [1.82, 2.24) is 9.88 Å². The molecule has 0 saturated carbocycles. The number of hydrogen-bond donors (Lipinski definition) is 1. The molecule has 2 rings (SSSR count). The van der Waals surface area contributed by atoms with Crippen LogP contribution in [0.5, 0.6) is 0 Å². The molecule has 100 valence electrons. The van der Waals surface area contributed by atoms with Gasteiger partial charge in [0.25, 0.3) is 5.91 Å². The normalized spacial score (nSPS) is 19.1. The van der Waals surface area contributed by atoms with Crippen molar-refractivity contribution < 1.29 is 14.3 Å². The summed E-state index contributed by atoms with van der Waals surface area (Å²) in [5, 5.41) is 2.89. The minimum Gasteiger partial charge on any atom is -0.383 e. The fraction of sp³-hybridized carbons (Fsp3) is 0.615. The Morgan fingerprint density at radius 1 is 1.67 bits per heavy atom. The molecule has 1 aliphatic heterocycles. The lowest BCUT2D eigenvalue weighted by Crippen LogP contribution is -2.48. The van der Waals surface area contributed by atoms with Crippen LogP contribution in [-0.4, -0.2) is 43.4 Å². The van der Waals surface area contributed by atoms with Gasteiger partial charge >= 0.3 is 0 Å². The van der Waals surface area contributed by atoms with Gasteiger partial charge in [0, 0.05) is 25.5 Å². The molecule has 1 fully saturated rings. The van der Waals surface area contributed by atoms with Gasteiger partial charge in [-0.2, -0.15) is 0 Å². The summed E-state index contributed by atoms with van der Waals surface area (Å²) in [5.74, 6) is -0.0675. The molecule has 1 saturated heterocycles. The summed E-state index contributed by atoms with van der Waals surface area (Å²) in [4.78, 5) is 12.0. The Bertz CT molecular complexity index is 424. The highest BCUT2D eigenvalue weighted by molar-refractivity contribution is 5.94. The summed E-state index contributed by atoms with van der Waals surface area (Å²) in [6, 6.07) is 1.84. The number of methoxy groups -OCH3 is 1. The predicted octanol–water partition coefficient (Wildman–Crippen LogP) is 0.998. The highest BCUT2D eigenvalue weighted by atomic mass is 16.5. The minimum absolute atomic E-state index is 0.00330. The molecule has 1 aromatic rings. The van der Waals surface area contributed by atoms with Gasteiger partial charge < -0.3 is 19.4 Å². The van der Waals surface area contributed by atoms with Crippen molar-refractivity contribution in [2.24, 2.45) is 0 Å². The monoisotopic (exact) mass is 252 g/mol. The van der Waals surface area contributed by atoms with Crippen molar-refractivity contribution in [3.63, 3.8) is 0 Å². The first kappa shape index (κ1) is 13.1. The van der Waals surface area contributed by atoms with Gasteiger partial charge in [-0.25, -0.2) is 0 Å². The lowest BCUT2D eigenvalue weighted by atomic mass is 10.0. The second-order valence-electron chi connectivity index (χ2n) is 5.13. The number of carbonyl (C=O) groups is 1. The first-order valence-corrected chi connectivity index (χ1v) is 6.11. The number of hydrogen-bond acceptors (Lipinski definition) is 3. The van der Waals surface area contributed by atoms with E-state index in [0.29, 0.717) is 25.4 Å². The largest absolute Gasteiger partial charge is 0.383 e. The van der Waals surface area contributed by atoms with E-state index in [0.717, 1.165) is 0 Å². The van der Waals surface area contributed by atoms with Crippen LogP contribution < -0.4 is 5.32 Å². The van der Waals surface area contributed by atoms with Crippen LogP contribution in [0.4, 0.5) is 0 Å². The Morgan fingerprint density at radius 3 is 2.94 bits per heavy atom. The molecule has 0 aliphatic carbocycles. The van der Waals surface area contributed by atoms with E-state index < -0.39 is 0 Å². The fourth-order valence-electron chi connectivity index (χ4n) is 2.01. The highest BCUT2D eigenvalue weighted by Gasteiger charge is 2.35. The molecule has 1 unspecified atom stereocenters. The summed E-state index contributed by atoms with van der Waals surface area (Å²) >= 11 is 0. The van der Waals surface area contributed by atoms with Crippen LogP contribution in [0, 0.1) is 0 Å². The maximum absolute atomic E-state index is 12.0. The molecule has 1 amide bonds. The summed E-state index contributed by atoms with van der Waals surface area (Å²) in [6.07, 6.45) is 3.80. The molecular formula is C13H20N2O3.